The van der Waals surface area contributed by atoms with Gasteiger partial charge in [-0.05, 0) is 89.5 Å². The van der Waals surface area contributed by atoms with Crippen molar-refractivity contribution in [2.45, 2.75) is 50.2 Å². The fraction of sp³-hybridized carbons (Fsp3) is 0.571. The lowest BCUT2D eigenvalue weighted by Crippen LogP contribution is -2.49. The number of benzene rings is 1. The zero-order valence-electron chi connectivity index (χ0n) is 23.0. The number of anilines is 3. The van der Waals surface area contributed by atoms with E-state index in [2.05, 4.69) is 31.5 Å². The first-order chi connectivity index (χ1) is 18.9. The molecule has 1 aromatic carbocycles. The van der Waals surface area contributed by atoms with E-state index in [0.717, 1.165) is 88.1 Å². The first kappa shape index (κ1) is 27.1. The van der Waals surface area contributed by atoms with Gasteiger partial charge in [0.2, 0.25) is 6.41 Å². The van der Waals surface area contributed by atoms with Crippen LogP contribution in [0.25, 0.3) is 0 Å². The summed E-state index contributed by atoms with van der Waals surface area (Å²) in [6, 6.07) is 6.10. The number of piperidine rings is 2. The number of nitrogens with zero attached hydrogens (tertiary/aromatic N) is 5. The van der Waals surface area contributed by atoms with Gasteiger partial charge in [0, 0.05) is 37.9 Å². The number of nitrogens with one attached hydrogen (secondary N) is 2. The van der Waals surface area contributed by atoms with Crippen molar-refractivity contribution in [3.05, 3.63) is 35.7 Å². The Bertz CT molecular complexity index is 1180. The second kappa shape index (κ2) is 11.7. The number of hydrogen-bond acceptors (Lipinski definition) is 9. The molecule has 0 bridgehead atoms. The van der Waals surface area contributed by atoms with E-state index in [1.165, 1.54) is 0 Å². The Morgan fingerprint density at radius 1 is 1.28 bits per heavy atom. The number of rotatable bonds is 9. The van der Waals surface area contributed by atoms with Crippen molar-refractivity contribution in [1.82, 2.24) is 25.1 Å². The van der Waals surface area contributed by atoms with E-state index < -0.39 is 5.91 Å². The van der Waals surface area contributed by atoms with Gasteiger partial charge in [-0.2, -0.15) is 0 Å². The summed E-state index contributed by atoms with van der Waals surface area (Å²) in [5.74, 6) is 1.27. The minimum absolute atomic E-state index is 0.0651. The second-order valence-corrected chi connectivity index (χ2v) is 11.2. The van der Waals surface area contributed by atoms with Crippen LogP contribution < -0.4 is 26.0 Å². The van der Waals surface area contributed by atoms with E-state index >= 15 is 0 Å². The van der Waals surface area contributed by atoms with Crippen molar-refractivity contribution in [3.8, 4) is 5.75 Å². The Morgan fingerprint density at radius 2 is 2.10 bits per heavy atom. The zero-order valence-corrected chi connectivity index (χ0v) is 23.0. The van der Waals surface area contributed by atoms with Crippen molar-refractivity contribution in [2.24, 2.45) is 5.73 Å². The van der Waals surface area contributed by atoms with E-state index in [9.17, 15) is 9.59 Å². The molecule has 4 N–H and O–H groups in total. The normalized spacial score (nSPS) is 20.3. The molecule has 1 spiro atoms. The molecule has 0 aliphatic carbocycles. The first-order valence-electron chi connectivity index (χ1n) is 13.9. The van der Waals surface area contributed by atoms with E-state index in [1.54, 1.807) is 6.20 Å². The SMILES string of the molecule is CN(C)CCN(C=O)C1CCCN(c2cnc(C(N)=O)c(Nc3ccc4c(c3)CCC3(CCNCC3)O4)n2)C1. The average molecular weight is 537 g/mol. The number of aryl methyl sites for hydroxylation is 1. The highest BCUT2D eigenvalue weighted by Gasteiger charge is 2.37. The summed E-state index contributed by atoms with van der Waals surface area (Å²) in [6.07, 6.45) is 8.39. The number of nitrogens with two attached hydrogens (primary N) is 1. The van der Waals surface area contributed by atoms with Crippen LogP contribution in [0.15, 0.2) is 24.4 Å². The third-order valence-electron chi connectivity index (χ3n) is 8.14. The van der Waals surface area contributed by atoms with Crippen LogP contribution in [-0.2, 0) is 11.2 Å². The number of amides is 2. The summed E-state index contributed by atoms with van der Waals surface area (Å²) in [7, 11) is 4.00. The van der Waals surface area contributed by atoms with Crippen molar-refractivity contribution in [2.75, 3.05) is 63.6 Å². The molecule has 1 aromatic heterocycles. The molecular weight excluding hydrogens is 496 g/mol. The van der Waals surface area contributed by atoms with Crippen molar-refractivity contribution >= 4 is 29.6 Å². The Morgan fingerprint density at radius 3 is 2.85 bits per heavy atom. The number of hydrogen-bond donors (Lipinski definition) is 3. The van der Waals surface area contributed by atoms with Crippen molar-refractivity contribution < 1.29 is 14.3 Å². The molecule has 5 rings (SSSR count). The molecule has 0 radical (unpaired) electrons. The maximum Gasteiger partial charge on any atom is 0.271 e. The number of carbonyl (C=O) groups is 2. The van der Waals surface area contributed by atoms with Crippen molar-refractivity contribution in [3.63, 3.8) is 0 Å². The summed E-state index contributed by atoms with van der Waals surface area (Å²) >= 11 is 0. The van der Waals surface area contributed by atoms with Gasteiger partial charge in [-0.3, -0.25) is 9.59 Å². The van der Waals surface area contributed by atoms with E-state index in [-0.39, 0.29) is 17.3 Å². The van der Waals surface area contributed by atoms with Crippen LogP contribution in [0.2, 0.25) is 0 Å². The lowest BCUT2D eigenvalue weighted by Gasteiger charge is -2.41. The van der Waals surface area contributed by atoms with Gasteiger partial charge in [-0.25, -0.2) is 9.97 Å². The standard InChI is InChI=1S/C28H40N8O3/c1-34(2)14-15-36(19-37)22-4-3-13-35(18-22)24-17-31-25(26(29)38)27(33-24)32-21-5-6-23-20(16-21)7-8-28(39-23)9-11-30-12-10-28/h5-6,16-17,19,22,30H,3-4,7-15,18H2,1-2H3,(H2,29,38)(H,32,33). The number of ether oxygens (including phenoxy) is 1. The minimum atomic E-state index is -0.641. The number of aromatic nitrogens is 2. The topological polar surface area (TPSA) is 129 Å². The van der Waals surface area contributed by atoms with Crippen LogP contribution in [0.4, 0.5) is 17.3 Å². The molecule has 1 unspecified atom stereocenters. The molecule has 210 valence electrons. The number of likely N-dealkylation sites (N-methyl/N-ethyl adjacent to an activating group) is 1. The smallest absolute Gasteiger partial charge is 0.271 e. The van der Waals surface area contributed by atoms with Crippen LogP contribution >= 0.6 is 0 Å². The monoisotopic (exact) mass is 536 g/mol. The molecule has 11 heteroatoms. The first-order valence-corrected chi connectivity index (χ1v) is 13.9. The van der Waals surface area contributed by atoms with Crippen LogP contribution in [0, 0.1) is 0 Å². The lowest BCUT2D eigenvalue weighted by atomic mass is 9.83. The van der Waals surface area contributed by atoms with Crippen LogP contribution in [-0.4, -0.2) is 97.1 Å². The molecule has 2 aromatic rings. The lowest BCUT2D eigenvalue weighted by molar-refractivity contribution is -0.120. The van der Waals surface area contributed by atoms with Gasteiger partial charge in [0.25, 0.3) is 5.91 Å². The number of carbonyl (C=O) groups excluding carboxylic acids is 2. The molecule has 2 saturated heterocycles. The highest BCUT2D eigenvalue weighted by atomic mass is 16.5. The minimum Gasteiger partial charge on any atom is -0.487 e. The third kappa shape index (κ3) is 6.25. The van der Waals surface area contributed by atoms with Gasteiger partial charge in [-0.15, -0.1) is 0 Å². The quantitative estimate of drug-likeness (QED) is 0.411. The highest BCUT2D eigenvalue weighted by Crippen LogP contribution is 2.39. The highest BCUT2D eigenvalue weighted by molar-refractivity contribution is 5.96. The predicted molar refractivity (Wildman–Crippen MR) is 151 cm³/mol. The van der Waals surface area contributed by atoms with E-state index in [1.807, 2.05) is 31.1 Å². The molecule has 39 heavy (non-hydrogen) atoms. The molecular formula is C28H40N8O3. The summed E-state index contributed by atoms with van der Waals surface area (Å²) in [5.41, 5.74) is 7.63. The molecule has 0 saturated carbocycles. The third-order valence-corrected chi connectivity index (χ3v) is 8.14. The van der Waals surface area contributed by atoms with Gasteiger partial charge >= 0.3 is 0 Å². The fourth-order valence-corrected chi connectivity index (χ4v) is 5.84. The van der Waals surface area contributed by atoms with Gasteiger partial charge in [0.15, 0.2) is 11.5 Å². The molecule has 4 heterocycles. The average Bonchev–Trinajstić information content (AvgIpc) is 2.94. The summed E-state index contributed by atoms with van der Waals surface area (Å²) in [5, 5.41) is 6.71. The summed E-state index contributed by atoms with van der Waals surface area (Å²) < 4.78 is 6.49. The molecule has 3 aliphatic heterocycles. The van der Waals surface area contributed by atoms with Crippen molar-refractivity contribution in [1.29, 1.82) is 0 Å². The summed E-state index contributed by atoms with van der Waals surface area (Å²) in [4.78, 5) is 39.3. The maximum absolute atomic E-state index is 12.2. The van der Waals surface area contributed by atoms with Gasteiger partial charge < -0.3 is 35.8 Å². The Kier molecular flexibility index (Phi) is 8.18. The Balaban J connectivity index is 1.33. The van der Waals surface area contributed by atoms with Crippen LogP contribution in [0.5, 0.6) is 5.75 Å². The van der Waals surface area contributed by atoms with Crippen LogP contribution in [0.3, 0.4) is 0 Å². The molecule has 11 nitrogen and oxygen atoms in total. The largest absolute Gasteiger partial charge is 0.487 e. The fourth-order valence-electron chi connectivity index (χ4n) is 5.84. The van der Waals surface area contributed by atoms with E-state index in [4.69, 9.17) is 15.5 Å². The number of primary amides is 1. The van der Waals surface area contributed by atoms with Gasteiger partial charge in [-0.1, -0.05) is 0 Å². The molecule has 1 atom stereocenters. The number of fused-ring (bicyclic) bond motifs is 1. The summed E-state index contributed by atoms with van der Waals surface area (Å²) in [6.45, 7) is 4.91. The van der Waals surface area contributed by atoms with E-state index in [0.29, 0.717) is 24.7 Å². The maximum atomic E-state index is 12.2. The van der Waals surface area contributed by atoms with Gasteiger partial charge in [0.05, 0.1) is 6.20 Å². The molecule has 2 fully saturated rings. The molecule has 2 amide bonds. The zero-order chi connectivity index (χ0) is 27.4. The van der Waals surface area contributed by atoms with Crippen LogP contribution in [0.1, 0.15) is 48.2 Å². The Hall–Kier alpha value is -3.44. The van der Waals surface area contributed by atoms with Gasteiger partial charge in [0.1, 0.15) is 17.2 Å². The second-order valence-electron chi connectivity index (χ2n) is 11.2. The molecule has 3 aliphatic rings. The Labute approximate surface area is 230 Å². The predicted octanol–water partition coefficient (Wildman–Crippen LogP) is 1.76.